The largest absolute Gasteiger partial charge is 0.469 e. The molecular weight excluding hydrogens is 214 g/mol. The van der Waals surface area contributed by atoms with Gasteiger partial charge in [0.25, 0.3) is 0 Å². The van der Waals surface area contributed by atoms with E-state index in [4.69, 9.17) is 4.74 Å². The number of rotatable bonds is 6. The smallest absolute Gasteiger partial charge is 0.307 e. The number of carbonyl (C=O) groups excluding carboxylic acids is 1. The maximum Gasteiger partial charge on any atom is 0.307 e. The average Bonchev–Trinajstić information content (AvgIpc) is 2.38. The van der Waals surface area contributed by atoms with Crippen molar-refractivity contribution in [1.29, 1.82) is 0 Å². The third-order valence-electron chi connectivity index (χ3n) is 3.01. The van der Waals surface area contributed by atoms with Gasteiger partial charge in [0.2, 0.25) is 0 Å². The molecule has 0 aliphatic rings. The average molecular weight is 235 g/mol. The number of nitrogens with one attached hydrogen (secondary N) is 1. The van der Waals surface area contributed by atoms with Gasteiger partial charge < -0.3 is 10.1 Å². The van der Waals surface area contributed by atoms with Gasteiger partial charge in [0, 0.05) is 6.04 Å². The number of carbonyl (C=O) groups is 1. The van der Waals surface area contributed by atoms with E-state index in [-0.39, 0.29) is 17.9 Å². The van der Waals surface area contributed by atoms with E-state index in [0.29, 0.717) is 6.42 Å². The number of hydrogen-bond acceptors (Lipinski definition) is 3. The van der Waals surface area contributed by atoms with Crippen molar-refractivity contribution in [2.45, 2.75) is 32.2 Å². The van der Waals surface area contributed by atoms with E-state index in [2.05, 4.69) is 24.4 Å². The fourth-order valence-electron chi connectivity index (χ4n) is 1.94. The maximum atomic E-state index is 11.4. The Hall–Kier alpha value is -1.35. The first kappa shape index (κ1) is 13.7. The van der Waals surface area contributed by atoms with Crippen LogP contribution in [0.4, 0.5) is 0 Å². The Kier molecular flexibility index (Phi) is 5.70. The van der Waals surface area contributed by atoms with Gasteiger partial charge in [0.05, 0.1) is 13.5 Å². The fourth-order valence-corrected chi connectivity index (χ4v) is 1.94. The summed E-state index contributed by atoms with van der Waals surface area (Å²) in [6.45, 7) is 5.02. The molecule has 0 heterocycles. The molecule has 3 nitrogen and oxygen atoms in total. The first-order valence-electron chi connectivity index (χ1n) is 6.04. The van der Waals surface area contributed by atoms with Gasteiger partial charge in [0.15, 0.2) is 0 Å². The molecule has 2 atom stereocenters. The summed E-state index contributed by atoms with van der Waals surface area (Å²) in [5, 5.41) is 3.35. The van der Waals surface area contributed by atoms with Crippen molar-refractivity contribution in [2.75, 3.05) is 13.7 Å². The van der Waals surface area contributed by atoms with E-state index in [9.17, 15) is 4.79 Å². The molecule has 0 saturated heterocycles. The van der Waals surface area contributed by atoms with Gasteiger partial charge in [-0.25, -0.2) is 0 Å². The quantitative estimate of drug-likeness (QED) is 0.769. The summed E-state index contributed by atoms with van der Waals surface area (Å²) in [5.74, 6) is 0.119. The molecule has 0 aliphatic heterocycles. The number of likely N-dealkylation sites (N-methyl/N-ethyl adjacent to an activating group) is 1. The Morgan fingerprint density at radius 1 is 1.35 bits per heavy atom. The van der Waals surface area contributed by atoms with E-state index >= 15 is 0 Å². The lowest BCUT2D eigenvalue weighted by Gasteiger charge is -2.24. The lowest BCUT2D eigenvalue weighted by molar-refractivity contribution is -0.141. The fraction of sp³-hybridized carbons (Fsp3) is 0.500. The predicted molar refractivity (Wildman–Crippen MR) is 69.0 cm³/mol. The van der Waals surface area contributed by atoms with Gasteiger partial charge >= 0.3 is 5.97 Å². The van der Waals surface area contributed by atoms with Crippen LogP contribution in [0.5, 0.6) is 0 Å². The van der Waals surface area contributed by atoms with Crippen LogP contribution in [0.2, 0.25) is 0 Å². The van der Waals surface area contributed by atoms with Crippen LogP contribution in [0, 0.1) is 0 Å². The minimum absolute atomic E-state index is 0.120. The van der Waals surface area contributed by atoms with Gasteiger partial charge in [0.1, 0.15) is 0 Å². The number of benzene rings is 1. The summed E-state index contributed by atoms with van der Waals surface area (Å²) in [5.41, 5.74) is 1.24. The number of ether oxygens (including phenoxy) is 1. The molecule has 0 radical (unpaired) electrons. The van der Waals surface area contributed by atoms with Crippen molar-refractivity contribution >= 4 is 5.97 Å². The minimum atomic E-state index is -0.168. The van der Waals surface area contributed by atoms with Crippen LogP contribution >= 0.6 is 0 Å². The van der Waals surface area contributed by atoms with Crippen molar-refractivity contribution in [1.82, 2.24) is 5.32 Å². The summed E-state index contributed by atoms with van der Waals surface area (Å²) in [4.78, 5) is 11.4. The zero-order chi connectivity index (χ0) is 12.7. The third-order valence-corrected chi connectivity index (χ3v) is 3.01. The summed E-state index contributed by atoms with van der Waals surface area (Å²) >= 11 is 0. The van der Waals surface area contributed by atoms with Gasteiger partial charge in [-0.1, -0.05) is 44.2 Å². The first-order chi connectivity index (χ1) is 8.19. The Bertz CT molecular complexity index is 337. The molecule has 0 bridgehead atoms. The Balaban J connectivity index is 2.73. The molecule has 0 fully saturated rings. The molecular formula is C14H21NO2. The maximum absolute atomic E-state index is 11.4. The zero-order valence-electron chi connectivity index (χ0n) is 10.8. The summed E-state index contributed by atoms with van der Waals surface area (Å²) in [6.07, 6.45) is 0.403. The number of hydrogen-bond donors (Lipinski definition) is 1. The topological polar surface area (TPSA) is 38.3 Å². The van der Waals surface area contributed by atoms with Gasteiger partial charge in [-0.3, -0.25) is 4.79 Å². The molecule has 1 N–H and O–H groups in total. The molecule has 0 spiro atoms. The lowest BCUT2D eigenvalue weighted by atomic mass is 9.91. The van der Waals surface area contributed by atoms with Crippen LogP contribution < -0.4 is 5.32 Å². The molecule has 3 heteroatoms. The van der Waals surface area contributed by atoms with Crippen molar-refractivity contribution in [3.05, 3.63) is 35.9 Å². The van der Waals surface area contributed by atoms with Crippen molar-refractivity contribution in [3.8, 4) is 0 Å². The van der Waals surface area contributed by atoms with Crippen LogP contribution in [-0.4, -0.2) is 25.7 Å². The summed E-state index contributed by atoms with van der Waals surface area (Å²) in [6, 6.07) is 10.3. The van der Waals surface area contributed by atoms with E-state index in [1.807, 2.05) is 25.1 Å². The third kappa shape index (κ3) is 4.19. The molecule has 0 saturated carbocycles. The van der Waals surface area contributed by atoms with E-state index in [0.717, 1.165) is 6.54 Å². The van der Waals surface area contributed by atoms with E-state index < -0.39 is 0 Å². The van der Waals surface area contributed by atoms with Gasteiger partial charge in [-0.2, -0.15) is 0 Å². The second kappa shape index (κ2) is 7.07. The molecule has 17 heavy (non-hydrogen) atoms. The van der Waals surface area contributed by atoms with Crippen LogP contribution in [0.1, 0.15) is 31.7 Å². The molecule has 0 amide bonds. The van der Waals surface area contributed by atoms with Crippen molar-refractivity contribution < 1.29 is 9.53 Å². The monoisotopic (exact) mass is 235 g/mol. The molecule has 0 aromatic heterocycles. The molecule has 1 aromatic rings. The first-order valence-corrected chi connectivity index (χ1v) is 6.04. The highest BCUT2D eigenvalue weighted by Gasteiger charge is 2.21. The highest BCUT2D eigenvalue weighted by molar-refractivity contribution is 5.70. The molecule has 1 rings (SSSR count). The SMILES string of the molecule is CCNC(CC(=O)OC)C(C)c1ccccc1. The van der Waals surface area contributed by atoms with Crippen molar-refractivity contribution in [3.63, 3.8) is 0 Å². The second-order valence-electron chi connectivity index (χ2n) is 4.14. The normalized spacial score (nSPS) is 14.1. The number of methoxy groups -OCH3 is 1. The predicted octanol–water partition coefficient (Wildman–Crippen LogP) is 2.33. The minimum Gasteiger partial charge on any atom is -0.469 e. The van der Waals surface area contributed by atoms with E-state index in [1.54, 1.807) is 0 Å². The highest BCUT2D eigenvalue weighted by atomic mass is 16.5. The van der Waals surface area contributed by atoms with Crippen LogP contribution in [0.25, 0.3) is 0 Å². The Morgan fingerprint density at radius 3 is 2.53 bits per heavy atom. The molecule has 94 valence electrons. The van der Waals surface area contributed by atoms with Crippen LogP contribution in [-0.2, 0) is 9.53 Å². The van der Waals surface area contributed by atoms with Crippen LogP contribution in [0.3, 0.4) is 0 Å². The molecule has 0 aliphatic carbocycles. The molecule has 2 unspecified atom stereocenters. The summed E-state index contributed by atoms with van der Waals surface area (Å²) in [7, 11) is 1.43. The molecule has 1 aromatic carbocycles. The second-order valence-corrected chi connectivity index (χ2v) is 4.14. The Morgan fingerprint density at radius 2 is 2.00 bits per heavy atom. The van der Waals surface area contributed by atoms with E-state index in [1.165, 1.54) is 12.7 Å². The zero-order valence-corrected chi connectivity index (χ0v) is 10.8. The highest BCUT2D eigenvalue weighted by Crippen LogP contribution is 2.21. The standard InChI is InChI=1S/C14H21NO2/c1-4-15-13(10-14(16)17-3)11(2)12-8-6-5-7-9-12/h5-9,11,13,15H,4,10H2,1-3H3. The Labute approximate surface area is 103 Å². The lowest BCUT2D eigenvalue weighted by Crippen LogP contribution is -2.36. The van der Waals surface area contributed by atoms with Gasteiger partial charge in [-0.15, -0.1) is 0 Å². The van der Waals surface area contributed by atoms with Crippen LogP contribution in [0.15, 0.2) is 30.3 Å². The van der Waals surface area contributed by atoms with Gasteiger partial charge in [-0.05, 0) is 18.0 Å². The van der Waals surface area contributed by atoms with Crippen molar-refractivity contribution in [2.24, 2.45) is 0 Å². The number of esters is 1. The summed E-state index contributed by atoms with van der Waals surface area (Å²) < 4.78 is 4.73.